The van der Waals surface area contributed by atoms with Gasteiger partial charge in [0.25, 0.3) is 0 Å². The highest BCUT2D eigenvalue weighted by Crippen LogP contribution is 2.43. The maximum Gasteiger partial charge on any atom is 0.123 e. The average molecular weight is 681 g/mol. The van der Waals surface area contributed by atoms with Crippen LogP contribution in [-0.2, 0) is 32.5 Å². The first-order chi connectivity index (χ1) is 21.6. The second-order valence-corrected chi connectivity index (χ2v) is 19.3. The molecule has 0 aliphatic heterocycles. The summed E-state index contributed by atoms with van der Waals surface area (Å²) < 4.78 is 5.45. The lowest BCUT2D eigenvalue weighted by Crippen LogP contribution is -2.16. The van der Waals surface area contributed by atoms with Gasteiger partial charge in [-0.2, -0.15) is 0 Å². The molecule has 0 saturated carbocycles. The maximum atomic E-state index is 10.3. The van der Waals surface area contributed by atoms with Crippen LogP contribution in [0.15, 0.2) is 36.4 Å². The first-order valence-corrected chi connectivity index (χ1v) is 17.2. The Morgan fingerprint density at radius 2 is 0.592 bits per heavy atom. The summed E-state index contributed by atoms with van der Waals surface area (Å²) in [6, 6.07) is 10.4. The molecule has 0 amide bonds. The van der Waals surface area contributed by atoms with Gasteiger partial charge in [-0.3, -0.25) is 0 Å². The lowest BCUT2D eigenvalue weighted by atomic mass is 9.79. The molecule has 276 valence electrons. The summed E-state index contributed by atoms with van der Waals surface area (Å²) in [6.45, 7) is 36.8. The van der Waals surface area contributed by atoms with Crippen molar-refractivity contribution in [2.75, 3.05) is 7.11 Å². The van der Waals surface area contributed by atoms with Crippen LogP contribution in [0, 0.1) is 0 Å². The Kier molecular flexibility index (Phi) is 13.1. The van der Waals surface area contributed by atoms with Gasteiger partial charge >= 0.3 is 0 Å². The zero-order valence-corrected chi connectivity index (χ0v) is 34.1. The third-order valence-corrected chi connectivity index (χ3v) is 8.37. The second-order valence-electron chi connectivity index (χ2n) is 19.3. The summed E-state index contributed by atoms with van der Waals surface area (Å²) in [5.74, 6) is 2.24. The van der Waals surface area contributed by atoms with Gasteiger partial charge < -0.3 is 30.3 Å². The lowest BCUT2D eigenvalue weighted by Gasteiger charge is -2.27. The fourth-order valence-electron chi connectivity index (χ4n) is 5.47. The molecule has 0 aliphatic carbocycles. The third-order valence-electron chi connectivity index (χ3n) is 8.37. The highest BCUT2D eigenvalue weighted by molar-refractivity contribution is 5.53. The van der Waals surface area contributed by atoms with E-state index in [1.165, 1.54) is 0 Å². The van der Waals surface area contributed by atoms with Crippen molar-refractivity contribution < 1.29 is 30.3 Å². The normalized spacial score (nSPS) is 12.8. The number of hydrogen-bond donors (Lipinski definition) is 5. The van der Waals surface area contributed by atoms with Crippen LogP contribution in [0.5, 0.6) is 34.5 Å². The Morgan fingerprint density at radius 3 is 0.837 bits per heavy atom. The highest BCUT2D eigenvalue weighted by atomic mass is 16.5. The monoisotopic (exact) mass is 681 g/mol. The van der Waals surface area contributed by atoms with Crippen molar-refractivity contribution in [3.05, 3.63) is 69.8 Å². The Bertz CT molecular complexity index is 1500. The molecule has 0 aromatic heterocycles. The molecule has 0 saturated heterocycles. The molecule has 3 rings (SSSR count). The zero-order valence-electron chi connectivity index (χ0n) is 34.1. The molecule has 3 aromatic carbocycles. The molecule has 0 unspecified atom stereocenters. The number of phenolic OH excluding ortho intramolecular Hbond substituents is 5. The Balaban J connectivity index is 0.000000368. The van der Waals surface area contributed by atoms with Gasteiger partial charge in [0.15, 0.2) is 0 Å². The minimum Gasteiger partial charge on any atom is -0.508 e. The number of methoxy groups -OCH3 is 1. The van der Waals surface area contributed by atoms with Gasteiger partial charge in [0.1, 0.15) is 34.5 Å². The summed E-state index contributed by atoms with van der Waals surface area (Å²) in [6.07, 6.45) is 0. The smallest absolute Gasteiger partial charge is 0.123 e. The van der Waals surface area contributed by atoms with Crippen molar-refractivity contribution >= 4 is 0 Å². The van der Waals surface area contributed by atoms with E-state index in [2.05, 4.69) is 41.5 Å². The molecule has 0 atom stereocenters. The number of aromatic hydroxyl groups is 5. The number of phenols is 5. The average Bonchev–Trinajstić information content (AvgIpc) is 2.87. The standard InChI is InChI=1S/C15H24O2.2C14H22O2/c1-14(2,3)10-9-13(17-7)11(8-12(10)16)15(4,5)6;1-13(2,3)9-7-12(16)10(8-11(9)15)14(4,5)6;1-13(2,3)10-7-9(15)8-11(12(10)16)14(4,5)6/h8-9,16H,1-7H3;2*7-8,15-16H,1-6H3. The molecule has 49 heavy (non-hydrogen) atoms. The largest absolute Gasteiger partial charge is 0.508 e. The van der Waals surface area contributed by atoms with E-state index < -0.39 is 0 Å². The summed E-state index contributed by atoms with van der Waals surface area (Å²) in [5, 5.41) is 50.2. The second kappa shape index (κ2) is 14.7. The van der Waals surface area contributed by atoms with Crippen LogP contribution in [-0.4, -0.2) is 32.6 Å². The third kappa shape index (κ3) is 11.8. The summed E-state index contributed by atoms with van der Waals surface area (Å²) in [4.78, 5) is 0. The molecular weight excluding hydrogens is 612 g/mol. The topological polar surface area (TPSA) is 110 Å². The van der Waals surface area contributed by atoms with Gasteiger partial charge in [-0.15, -0.1) is 0 Å². The molecule has 0 radical (unpaired) electrons. The zero-order chi connectivity index (χ0) is 38.9. The van der Waals surface area contributed by atoms with E-state index in [0.717, 1.165) is 39.1 Å². The maximum absolute atomic E-state index is 10.3. The molecule has 5 N–H and O–H groups in total. The van der Waals surface area contributed by atoms with E-state index in [9.17, 15) is 25.5 Å². The van der Waals surface area contributed by atoms with Crippen molar-refractivity contribution in [1.29, 1.82) is 0 Å². The van der Waals surface area contributed by atoms with Gasteiger partial charge in [-0.1, -0.05) is 125 Å². The predicted molar refractivity (Wildman–Crippen MR) is 206 cm³/mol. The van der Waals surface area contributed by atoms with Crippen molar-refractivity contribution in [2.24, 2.45) is 0 Å². The Morgan fingerprint density at radius 1 is 0.347 bits per heavy atom. The Hall–Kier alpha value is -3.54. The summed E-state index contributed by atoms with van der Waals surface area (Å²) >= 11 is 0. The molecular formula is C43H68O6. The van der Waals surface area contributed by atoms with E-state index in [0.29, 0.717) is 11.5 Å². The summed E-state index contributed by atoms with van der Waals surface area (Å²) in [5.41, 5.74) is 4.26. The van der Waals surface area contributed by atoms with Crippen LogP contribution < -0.4 is 4.74 Å². The number of rotatable bonds is 1. The first kappa shape index (κ1) is 43.5. The van der Waals surface area contributed by atoms with E-state index >= 15 is 0 Å². The minimum absolute atomic E-state index is 0.0424. The molecule has 6 heteroatoms. The van der Waals surface area contributed by atoms with Crippen LogP contribution in [0.25, 0.3) is 0 Å². The molecule has 0 aliphatic rings. The predicted octanol–water partition coefficient (Wildman–Crippen LogP) is 11.4. The van der Waals surface area contributed by atoms with E-state index in [1.54, 1.807) is 31.4 Å². The Labute approximate surface area is 298 Å². The van der Waals surface area contributed by atoms with E-state index in [-0.39, 0.29) is 49.7 Å². The SMILES string of the molecule is CC(C)(C)c1cc(O)c(C(C)(C)C)cc1O.CC(C)(C)c1cc(O)cc(C(C)(C)C)c1O.COc1cc(C(C)(C)C)c(O)cc1C(C)(C)C. The van der Waals surface area contributed by atoms with Gasteiger partial charge in [0.05, 0.1) is 7.11 Å². The fourth-order valence-corrected chi connectivity index (χ4v) is 5.47. The molecule has 0 fully saturated rings. The van der Waals surface area contributed by atoms with Gasteiger partial charge in [-0.25, -0.2) is 0 Å². The van der Waals surface area contributed by atoms with Crippen molar-refractivity contribution in [3.63, 3.8) is 0 Å². The quantitative estimate of drug-likeness (QED) is 0.164. The van der Waals surface area contributed by atoms with Crippen molar-refractivity contribution in [1.82, 2.24) is 0 Å². The van der Waals surface area contributed by atoms with Crippen LogP contribution >= 0.6 is 0 Å². The number of benzene rings is 3. The lowest BCUT2D eigenvalue weighted by molar-refractivity contribution is 0.388. The highest BCUT2D eigenvalue weighted by Gasteiger charge is 2.28. The molecule has 0 bridgehead atoms. The van der Waals surface area contributed by atoms with Crippen LogP contribution in [0.3, 0.4) is 0 Å². The molecule has 3 aromatic rings. The van der Waals surface area contributed by atoms with Crippen LogP contribution in [0.1, 0.15) is 158 Å². The molecule has 6 nitrogen and oxygen atoms in total. The molecule has 0 spiro atoms. The fraction of sp³-hybridized carbons (Fsp3) is 0.581. The molecule has 0 heterocycles. The number of ether oxygens (including phenoxy) is 1. The van der Waals surface area contributed by atoms with Crippen molar-refractivity contribution in [3.8, 4) is 34.5 Å². The number of hydrogen-bond acceptors (Lipinski definition) is 6. The van der Waals surface area contributed by atoms with Gasteiger partial charge in [0, 0.05) is 33.4 Å². The van der Waals surface area contributed by atoms with Crippen molar-refractivity contribution in [2.45, 2.75) is 157 Å². The van der Waals surface area contributed by atoms with Gasteiger partial charge in [-0.05, 0) is 68.9 Å². The summed E-state index contributed by atoms with van der Waals surface area (Å²) in [7, 11) is 1.67. The van der Waals surface area contributed by atoms with Crippen LogP contribution in [0.4, 0.5) is 0 Å². The minimum atomic E-state index is -0.178. The van der Waals surface area contributed by atoms with E-state index in [1.807, 2.05) is 95.2 Å². The van der Waals surface area contributed by atoms with Gasteiger partial charge in [0.2, 0.25) is 0 Å². The van der Waals surface area contributed by atoms with E-state index in [4.69, 9.17) is 4.74 Å². The first-order valence-electron chi connectivity index (χ1n) is 17.2. The van der Waals surface area contributed by atoms with Crippen LogP contribution in [0.2, 0.25) is 0 Å².